The monoisotopic (exact) mass is 362 g/mol. The lowest BCUT2D eigenvalue weighted by molar-refractivity contribution is -0.170. The van der Waals surface area contributed by atoms with Gasteiger partial charge in [-0.1, -0.05) is 0 Å². The van der Waals surface area contributed by atoms with E-state index in [4.69, 9.17) is 4.74 Å². The Bertz CT molecular complexity index is 490. The number of pyridine rings is 1. The van der Waals surface area contributed by atoms with Crippen LogP contribution in [0.4, 0.5) is 22.0 Å². The van der Waals surface area contributed by atoms with Crippen molar-refractivity contribution < 1.29 is 31.4 Å². The Morgan fingerprint density at radius 2 is 2.04 bits per heavy atom. The van der Waals surface area contributed by atoms with E-state index in [1.807, 2.05) is 0 Å². The van der Waals surface area contributed by atoms with Crippen LogP contribution in [0, 0.1) is 5.92 Å². The van der Waals surface area contributed by atoms with Gasteiger partial charge in [-0.05, 0) is 18.6 Å². The van der Waals surface area contributed by atoms with E-state index in [1.54, 1.807) is 0 Å². The van der Waals surface area contributed by atoms with Crippen molar-refractivity contribution in [1.82, 2.24) is 10.3 Å². The van der Waals surface area contributed by atoms with Crippen LogP contribution in [0.5, 0.6) is 5.75 Å². The molecule has 2 heterocycles. The summed E-state index contributed by atoms with van der Waals surface area (Å²) < 4.78 is 72.2. The summed E-state index contributed by atoms with van der Waals surface area (Å²) in [6.07, 6.45) is -3.97. The van der Waals surface area contributed by atoms with E-state index in [0.29, 0.717) is 13.0 Å². The molecule has 0 bridgehead atoms. The third kappa shape index (κ3) is 6.08. The molecule has 132 valence electrons. The summed E-state index contributed by atoms with van der Waals surface area (Å²) in [6.45, 7) is -2.17. The minimum absolute atomic E-state index is 0. The molecule has 10 heteroatoms. The fourth-order valence-electron chi connectivity index (χ4n) is 2.29. The molecule has 23 heavy (non-hydrogen) atoms. The first-order valence-corrected chi connectivity index (χ1v) is 6.65. The molecule has 1 aromatic heterocycles. The van der Waals surface area contributed by atoms with Crippen LogP contribution in [0.2, 0.25) is 0 Å². The van der Waals surface area contributed by atoms with E-state index in [1.165, 1.54) is 12.1 Å². The molecular weight excluding hydrogens is 347 g/mol. The molecule has 2 atom stereocenters. The van der Waals surface area contributed by atoms with E-state index >= 15 is 0 Å². The number of halogens is 6. The van der Waals surface area contributed by atoms with Gasteiger partial charge in [-0.25, -0.2) is 4.98 Å². The number of aromatic nitrogens is 1. The summed E-state index contributed by atoms with van der Waals surface area (Å²) in [5.41, 5.74) is -1.10. The average molecular weight is 363 g/mol. The van der Waals surface area contributed by atoms with Crippen molar-refractivity contribution in [3.63, 3.8) is 0 Å². The number of alkyl halides is 5. The van der Waals surface area contributed by atoms with Crippen LogP contribution < -0.4 is 10.1 Å². The zero-order chi connectivity index (χ0) is 16.2. The fourth-order valence-corrected chi connectivity index (χ4v) is 2.29. The molecular formula is C13H16ClF5N2O2. The quantitative estimate of drug-likeness (QED) is 0.817. The number of hydrogen-bond donors (Lipinski definition) is 1. The van der Waals surface area contributed by atoms with E-state index in [2.05, 4.69) is 15.0 Å². The smallest absolute Gasteiger partial charge is 0.437 e. The van der Waals surface area contributed by atoms with Gasteiger partial charge in [0.25, 0.3) is 0 Å². The molecule has 0 radical (unpaired) electrons. The van der Waals surface area contributed by atoms with E-state index < -0.39 is 24.6 Å². The number of nitrogens with zero attached hydrogens (tertiary/aromatic N) is 1. The predicted octanol–water partition coefficient (Wildman–Crippen LogP) is 3.12. The second-order valence-corrected chi connectivity index (χ2v) is 4.94. The lowest BCUT2D eigenvalue weighted by atomic mass is 9.98. The summed E-state index contributed by atoms with van der Waals surface area (Å²) in [4.78, 5) is 3.28. The summed E-state index contributed by atoms with van der Waals surface area (Å²) in [6, 6.07) is 2.52. The maximum absolute atomic E-state index is 12.8. The lowest BCUT2D eigenvalue weighted by Crippen LogP contribution is -2.43. The Labute approximate surface area is 135 Å². The highest BCUT2D eigenvalue weighted by Crippen LogP contribution is 2.34. The Morgan fingerprint density at radius 1 is 1.30 bits per heavy atom. The number of hydrogen-bond acceptors (Lipinski definition) is 4. The van der Waals surface area contributed by atoms with Crippen molar-refractivity contribution >= 4 is 12.4 Å². The number of rotatable bonds is 5. The van der Waals surface area contributed by atoms with Crippen molar-refractivity contribution in [2.45, 2.75) is 25.3 Å². The Balaban J connectivity index is 0.00000264. The standard InChI is InChI=1S/C13H15F5N2O2.ClH/c14-12(15)22-9-4-8(5-19-6-9)7-21-10-2-1-3-20-11(10)13(16,17)18;/h1-3,8-9,12,19H,4-7H2;1H. The first kappa shape index (κ1) is 19.9. The van der Waals surface area contributed by atoms with Gasteiger partial charge in [0.1, 0.15) is 5.75 Å². The topological polar surface area (TPSA) is 43.4 Å². The second-order valence-electron chi connectivity index (χ2n) is 4.94. The number of nitrogens with one attached hydrogen (secondary N) is 1. The summed E-state index contributed by atoms with van der Waals surface area (Å²) in [7, 11) is 0. The zero-order valence-electron chi connectivity index (χ0n) is 11.9. The van der Waals surface area contributed by atoms with E-state index in [-0.39, 0.29) is 37.2 Å². The van der Waals surface area contributed by atoms with Gasteiger partial charge >= 0.3 is 12.8 Å². The van der Waals surface area contributed by atoms with Crippen molar-refractivity contribution in [2.24, 2.45) is 5.92 Å². The number of ether oxygens (including phenoxy) is 2. The van der Waals surface area contributed by atoms with Gasteiger partial charge in [0.05, 0.1) is 12.7 Å². The van der Waals surface area contributed by atoms with Crippen molar-refractivity contribution in [3.05, 3.63) is 24.0 Å². The van der Waals surface area contributed by atoms with Gasteiger partial charge in [-0.15, -0.1) is 12.4 Å². The van der Waals surface area contributed by atoms with Gasteiger partial charge in [-0.2, -0.15) is 22.0 Å². The second kappa shape index (κ2) is 8.60. The molecule has 0 amide bonds. The number of piperidine rings is 1. The molecule has 0 aliphatic carbocycles. The summed E-state index contributed by atoms with van der Waals surface area (Å²) >= 11 is 0. The highest BCUT2D eigenvalue weighted by Gasteiger charge is 2.36. The third-order valence-electron chi connectivity index (χ3n) is 3.21. The minimum Gasteiger partial charge on any atom is -0.491 e. The molecule has 2 unspecified atom stereocenters. The lowest BCUT2D eigenvalue weighted by Gasteiger charge is -2.29. The van der Waals surface area contributed by atoms with Crippen LogP contribution in [-0.2, 0) is 10.9 Å². The molecule has 0 spiro atoms. The van der Waals surface area contributed by atoms with Crippen LogP contribution in [0.25, 0.3) is 0 Å². The fraction of sp³-hybridized carbons (Fsp3) is 0.615. The third-order valence-corrected chi connectivity index (χ3v) is 3.21. The maximum Gasteiger partial charge on any atom is 0.437 e. The van der Waals surface area contributed by atoms with Crippen LogP contribution in [0.1, 0.15) is 12.1 Å². The van der Waals surface area contributed by atoms with Gasteiger partial charge in [0.2, 0.25) is 0 Å². The summed E-state index contributed by atoms with van der Waals surface area (Å²) in [5.74, 6) is -0.592. The SMILES string of the molecule is Cl.FC(F)OC1CNCC(COc2cccnc2C(F)(F)F)C1. The maximum atomic E-state index is 12.8. The summed E-state index contributed by atoms with van der Waals surface area (Å²) in [5, 5.41) is 2.90. The van der Waals surface area contributed by atoms with Crippen molar-refractivity contribution in [3.8, 4) is 5.75 Å². The molecule has 2 rings (SSSR count). The van der Waals surface area contributed by atoms with Crippen LogP contribution in [0.3, 0.4) is 0 Å². The Kier molecular flexibility index (Phi) is 7.43. The highest BCUT2D eigenvalue weighted by molar-refractivity contribution is 5.85. The van der Waals surface area contributed by atoms with Gasteiger partial charge in [0.15, 0.2) is 5.69 Å². The first-order chi connectivity index (χ1) is 10.4. The van der Waals surface area contributed by atoms with E-state index in [0.717, 1.165) is 6.20 Å². The van der Waals surface area contributed by atoms with Crippen molar-refractivity contribution in [1.29, 1.82) is 0 Å². The Hall–Kier alpha value is -1.19. The van der Waals surface area contributed by atoms with E-state index in [9.17, 15) is 22.0 Å². The van der Waals surface area contributed by atoms with Crippen LogP contribution in [0.15, 0.2) is 18.3 Å². The normalized spacial score (nSPS) is 21.8. The Morgan fingerprint density at radius 3 is 2.70 bits per heavy atom. The average Bonchev–Trinajstić information content (AvgIpc) is 2.44. The van der Waals surface area contributed by atoms with Crippen LogP contribution >= 0.6 is 12.4 Å². The van der Waals surface area contributed by atoms with Gasteiger partial charge in [-0.3, -0.25) is 0 Å². The van der Waals surface area contributed by atoms with Crippen molar-refractivity contribution in [2.75, 3.05) is 19.7 Å². The highest BCUT2D eigenvalue weighted by atomic mass is 35.5. The van der Waals surface area contributed by atoms with Gasteiger partial charge < -0.3 is 14.8 Å². The minimum atomic E-state index is -4.61. The molecule has 1 N–H and O–H groups in total. The molecule has 0 aromatic carbocycles. The molecule has 0 saturated carbocycles. The molecule has 1 fully saturated rings. The molecule has 1 aliphatic rings. The molecule has 1 saturated heterocycles. The molecule has 1 aliphatic heterocycles. The molecule has 4 nitrogen and oxygen atoms in total. The van der Waals surface area contributed by atoms with Gasteiger partial charge in [0, 0.05) is 25.2 Å². The zero-order valence-corrected chi connectivity index (χ0v) is 12.7. The molecule has 1 aromatic rings. The van der Waals surface area contributed by atoms with Crippen LogP contribution in [-0.4, -0.2) is 37.4 Å². The predicted molar refractivity (Wildman–Crippen MR) is 73.8 cm³/mol. The largest absolute Gasteiger partial charge is 0.491 e. The first-order valence-electron chi connectivity index (χ1n) is 6.65.